The third kappa shape index (κ3) is 45.2. The van der Waals surface area contributed by atoms with Gasteiger partial charge in [0.1, 0.15) is 13.2 Å². The van der Waals surface area contributed by atoms with Gasteiger partial charge in [-0.3, -0.25) is 14.4 Å². The van der Waals surface area contributed by atoms with Gasteiger partial charge in [-0.25, -0.2) is 0 Å². The number of carbonyl (C=O) groups is 3. The predicted molar refractivity (Wildman–Crippen MR) is 256 cm³/mol. The van der Waals surface area contributed by atoms with Gasteiger partial charge in [-0.2, -0.15) is 0 Å². The number of rotatable bonds is 41. The Balaban J connectivity index is 4.59. The number of hydrogen-bond donors (Lipinski definition) is 0. The van der Waals surface area contributed by atoms with E-state index in [9.17, 15) is 14.4 Å². The van der Waals surface area contributed by atoms with Crippen molar-refractivity contribution in [2.45, 2.75) is 200 Å². The number of hydrogen-bond acceptors (Lipinski definition) is 6. The number of carbonyl (C=O) groups excluding carboxylic acids is 3. The summed E-state index contributed by atoms with van der Waals surface area (Å²) in [5, 5.41) is 0. The molecule has 6 nitrogen and oxygen atoms in total. The van der Waals surface area contributed by atoms with E-state index in [0.717, 1.165) is 109 Å². The highest BCUT2D eigenvalue weighted by molar-refractivity contribution is 5.72. The van der Waals surface area contributed by atoms with Crippen LogP contribution in [0.4, 0.5) is 0 Å². The average molecular weight is 831 g/mol. The lowest BCUT2D eigenvalue weighted by Gasteiger charge is -2.18. The first kappa shape index (κ1) is 56.1. The van der Waals surface area contributed by atoms with Gasteiger partial charge < -0.3 is 14.2 Å². The molecule has 1 atom stereocenters. The normalized spacial score (nSPS) is 13.1. The maximum atomic E-state index is 12.7. The minimum absolute atomic E-state index is 0.116. The van der Waals surface area contributed by atoms with E-state index in [2.05, 4.69) is 118 Å². The van der Waals surface area contributed by atoms with Crippen LogP contribution < -0.4 is 0 Å². The topological polar surface area (TPSA) is 78.9 Å². The van der Waals surface area contributed by atoms with Crippen molar-refractivity contribution in [1.29, 1.82) is 0 Å². The van der Waals surface area contributed by atoms with Crippen LogP contribution in [0, 0.1) is 0 Å². The van der Waals surface area contributed by atoms with E-state index in [1.165, 1.54) is 44.9 Å². The van der Waals surface area contributed by atoms with Crippen molar-refractivity contribution in [1.82, 2.24) is 0 Å². The molecule has 1 unspecified atom stereocenters. The van der Waals surface area contributed by atoms with Gasteiger partial charge in [0, 0.05) is 12.8 Å². The molecule has 0 saturated carbocycles. The Labute approximate surface area is 368 Å². The first-order chi connectivity index (χ1) is 29.5. The van der Waals surface area contributed by atoms with Gasteiger partial charge in [-0.05, 0) is 103 Å². The Morgan fingerprint density at radius 3 is 1.20 bits per heavy atom. The molecule has 0 bridgehead atoms. The second-order valence-electron chi connectivity index (χ2n) is 15.3. The first-order valence-electron chi connectivity index (χ1n) is 23.9. The second kappa shape index (κ2) is 47.7. The quantitative estimate of drug-likeness (QED) is 0.0264. The molecule has 0 aliphatic rings. The summed E-state index contributed by atoms with van der Waals surface area (Å²) in [6.45, 7) is 6.25. The molecule has 0 aromatic heterocycles. The van der Waals surface area contributed by atoms with Gasteiger partial charge in [0.2, 0.25) is 0 Å². The third-order valence-corrected chi connectivity index (χ3v) is 9.53. The highest BCUT2D eigenvalue weighted by Crippen LogP contribution is 2.12. The summed E-state index contributed by atoms with van der Waals surface area (Å²) in [5.74, 6) is -1.11. The Hall–Kier alpha value is -3.93. The van der Waals surface area contributed by atoms with E-state index in [1.807, 2.05) is 6.08 Å². The molecule has 0 aromatic carbocycles. The van der Waals surface area contributed by atoms with Crippen LogP contribution in [0.5, 0.6) is 0 Å². The molecule has 0 aromatic rings. The monoisotopic (exact) mass is 831 g/mol. The van der Waals surface area contributed by atoms with Gasteiger partial charge in [-0.1, -0.05) is 182 Å². The minimum atomic E-state index is -0.834. The Kier molecular flexibility index (Phi) is 44.6. The summed E-state index contributed by atoms with van der Waals surface area (Å²) in [7, 11) is 0. The molecule has 0 amide bonds. The van der Waals surface area contributed by atoms with Crippen molar-refractivity contribution in [2.75, 3.05) is 13.2 Å². The van der Waals surface area contributed by atoms with E-state index >= 15 is 0 Å². The van der Waals surface area contributed by atoms with Crippen LogP contribution in [0.25, 0.3) is 0 Å². The first-order valence-corrected chi connectivity index (χ1v) is 23.9. The van der Waals surface area contributed by atoms with Crippen molar-refractivity contribution in [3.8, 4) is 0 Å². The summed E-state index contributed by atoms with van der Waals surface area (Å²) in [4.78, 5) is 37.8. The van der Waals surface area contributed by atoms with Crippen LogP contribution in [0.3, 0.4) is 0 Å². The fourth-order valence-electron chi connectivity index (χ4n) is 5.99. The van der Waals surface area contributed by atoms with Gasteiger partial charge in [-0.15, -0.1) is 0 Å². The second-order valence-corrected chi connectivity index (χ2v) is 15.3. The van der Waals surface area contributed by atoms with E-state index in [-0.39, 0.29) is 38.0 Å². The number of ether oxygens (including phenoxy) is 3. The SMILES string of the molecule is CC/C=C\C/C=C\C/C=C\C/C=C\C/C=C\CC(=O)OCC(COC(=O)CCCCC/C=C\C/C=C\C/C=C\CC)OC(=O)CCCCCCC/C=C\CCCCCCC. The molecule has 0 fully saturated rings. The lowest BCUT2D eigenvalue weighted by Crippen LogP contribution is -2.30. The largest absolute Gasteiger partial charge is 0.462 e. The molecule has 0 N–H and O–H groups in total. The molecule has 0 heterocycles. The van der Waals surface area contributed by atoms with Crippen LogP contribution in [0.2, 0.25) is 0 Å². The van der Waals surface area contributed by atoms with Gasteiger partial charge in [0.15, 0.2) is 6.10 Å². The van der Waals surface area contributed by atoms with Crippen molar-refractivity contribution in [3.05, 3.63) is 109 Å². The zero-order valence-electron chi connectivity index (χ0n) is 38.4. The molecule has 0 aliphatic heterocycles. The third-order valence-electron chi connectivity index (χ3n) is 9.53. The maximum Gasteiger partial charge on any atom is 0.309 e. The fourth-order valence-corrected chi connectivity index (χ4v) is 5.99. The van der Waals surface area contributed by atoms with E-state index in [0.29, 0.717) is 6.42 Å². The summed E-state index contributed by atoms with van der Waals surface area (Å²) >= 11 is 0. The highest BCUT2D eigenvalue weighted by atomic mass is 16.6. The van der Waals surface area contributed by atoms with Gasteiger partial charge in [0.25, 0.3) is 0 Å². The van der Waals surface area contributed by atoms with Crippen molar-refractivity contribution in [3.63, 3.8) is 0 Å². The molecular weight excluding hydrogens is 745 g/mol. The maximum absolute atomic E-state index is 12.7. The van der Waals surface area contributed by atoms with Crippen LogP contribution in [0.15, 0.2) is 109 Å². The van der Waals surface area contributed by atoms with Crippen LogP contribution in [-0.4, -0.2) is 37.2 Å². The molecule has 0 saturated heterocycles. The molecule has 60 heavy (non-hydrogen) atoms. The number of esters is 3. The van der Waals surface area contributed by atoms with Crippen LogP contribution >= 0.6 is 0 Å². The molecule has 0 spiro atoms. The summed E-state index contributed by atoms with van der Waals surface area (Å²) < 4.78 is 16.6. The smallest absolute Gasteiger partial charge is 0.309 e. The zero-order valence-corrected chi connectivity index (χ0v) is 38.4. The van der Waals surface area contributed by atoms with Crippen LogP contribution in [-0.2, 0) is 28.6 Å². The Morgan fingerprint density at radius 1 is 0.367 bits per heavy atom. The Bertz CT molecular complexity index is 1280. The van der Waals surface area contributed by atoms with Crippen molar-refractivity contribution >= 4 is 17.9 Å². The average Bonchev–Trinajstić information content (AvgIpc) is 3.24. The fraction of sp³-hybridized carbons (Fsp3) is 0.611. The summed E-state index contributed by atoms with van der Waals surface area (Å²) in [5.41, 5.74) is 0. The van der Waals surface area contributed by atoms with Gasteiger partial charge >= 0.3 is 17.9 Å². The number of unbranched alkanes of at least 4 members (excludes halogenated alkanes) is 13. The van der Waals surface area contributed by atoms with Crippen molar-refractivity contribution < 1.29 is 28.6 Å². The van der Waals surface area contributed by atoms with Gasteiger partial charge in [0.05, 0.1) is 6.42 Å². The molecule has 0 rings (SSSR count). The van der Waals surface area contributed by atoms with E-state index in [1.54, 1.807) is 6.08 Å². The molecule has 0 aliphatic carbocycles. The Morgan fingerprint density at radius 2 is 0.717 bits per heavy atom. The van der Waals surface area contributed by atoms with E-state index < -0.39 is 12.1 Å². The molecular formula is C54H86O6. The van der Waals surface area contributed by atoms with Crippen molar-refractivity contribution in [2.24, 2.45) is 0 Å². The molecule has 338 valence electrons. The number of allylic oxidation sites excluding steroid dienone is 17. The lowest BCUT2D eigenvalue weighted by molar-refractivity contribution is -0.166. The molecule has 6 heteroatoms. The lowest BCUT2D eigenvalue weighted by atomic mass is 10.1. The zero-order chi connectivity index (χ0) is 43.7. The molecule has 0 radical (unpaired) electrons. The van der Waals surface area contributed by atoms with Crippen LogP contribution in [0.1, 0.15) is 194 Å². The summed E-state index contributed by atoms with van der Waals surface area (Å²) in [6, 6.07) is 0. The summed E-state index contributed by atoms with van der Waals surface area (Å²) in [6.07, 6.45) is 63.8. The minimum Gasteiger partial charge on any atom is -0.462 e. The highest BCUT2D eigenvalue weighted by Gasteiger charge is 2.19. The van der Waals surface area contributed by atoms with E-state index in [4.69, 9.17) is 14.2 Å². The standard InChI is InChI=1S/C54H86O6/c1-4-7-10-13-16-19-22-25-27-30-32-35-38-41-44-47-53(56)59-50-51(49-58-52(55)46-43-40-37-34-31-28-24-21-18-15-12-9-6-3)60-54(57)48-45-42-39-36-33-29-26-23-20-17-14-11-8-5-2/h7,9-10,12,16,18-19,21,23,25-28,31-32,35,41,44,51H,4-6,8,11,13-15,17,20,22,24,29-30,33-34,36-40,42-43,45-50H2,1-3H3/b10-7-,12-9-,19-16-,21-18-,26-23-,27-25-,31-28-,35-32-,44-41-. The predicted octanol–water partition coefficient (Wildman–Crippen LogP) is 15.6.